The quantitative estimate of drug-likeness (QED) is 0.568. The summed E-state index contributed by atoms with van der Waals surface area (Å²) in [6.45, 7) is 6.78. The summed E-state index contributed by atoms with van der Waals surface area (Å²) in [5.41, 5.74) is 0. The van der Waals surface area contributed by atoms with E-state index in [1.165, 1.54) is 12.8 Å². The number of methoxy groups -OCH3 is 1. The predicted molar refractivity (Wildman–Crippen MR) is 64.2 cm³/mol. The van der Waals surface area contributed by atoms with Crippen molar-refractivity contribution in [2.24, 2.45) is 5.92 Å². The molecule has 0 aliphatic carbocycles. The lowest BCUT2D eigenvalue weighted by Gasteiger charge is -2.22. The van der Waals surface area contributed by atoms with Crippen LogP contribution in [-0.2, 0) is 9.47 Å². The Balaban J connectivity index is 3.38. The molecule has 3 nitrogen and oxygen atoms in total. The number of hydrogen-bond acceptors (Lipinski definition) is 3. The van der Waals surface area contributed by atoms with E-state index in [0.29, 0.717) is 12.6 Å². The first-order valence-corrected chi connectivity index (χ1v) is 6.00. The van der Waals surface area contributed by atoms with Crippen molar-refractivity contribution in [3.05, 3.63) is 0 Å². The summed E-state index contributed by atoms with van der Waals surface area (Å²) in [6.07, 6.45) is 3.62. The molecule has 0 aliphatic rings. The van der Waals surface area contributed by atoms with Gasteiger partial charge in [-0.05, 0) is 32.7 Å². The summed E-state index contributed by atoms with van der Waals surface area (Å²) in [6, 6.07) is 0.606. The zero-order valence-electron chi connectivity index (χ0n) is 10.7. The molecule has 0 saturated heterocycles. The van der Waals surface area contributed by atoms with Crippen LogP contribution in [0.5, 0.6) is 0 Å². The maximum absolute atomic E-state index is 5.44. The highest BCUT2D eigenvalue weighted by Crippen LogP contribution is 2.15. The lowest BCUT2D eigenvalue weighted by Crippen LogP contribution is -2.30. The first-order valence-electron chi connectivity index (χ1n) is 6.00. The molecule has 0 aromatic heterocycles. The highest BCUT2D eigenvalue weighted by atomic mass is 16.5. The number of ether oxygens (including phenoxy) is 2. The van der Waals surface area contributed by atoms with Crippen LogP contribution in [0.15, 0.2) is 0 Å². The van der Waals surface area contributed by atoms with Gasteiger partial charge in [-0.3, -0.25) is 0 Å². The molecular formula is C12H27NO2. The molecule has 0 heterocycles. The summed E-state index contributed by atoms with van der Waals surface area (Å²) in [7, 11) is 3.73. The van der Waals surface area contributed by atoms with Crippen molar-refractivity contribution in [3.8, 4) is 0 Å². The van der Waals surface area contributed by atoms with Gasteiger partial charge in [-0.25, -0.2) is 0 Å². The molecule has 0 radical (unpaired) electrons. The van der Waals surface area contributed by atoms with Crippen LogP contribution in [0, 0.1) is 5.92 Å². The maximum Gasteiger partial charge on any atom is 0.0700 e. The first kappa shape index (κ1) is 14.9. The lowest BCUT2D eigenvalue weighted by molar-refractivity contribution is 0.0665. The molecule has 0 bridgehead atoms. The van der Waals surface area contributed by atoms with Gasteiger partial charge in [-0.15, -0.1) is 0 Å². The fourth-order valence-electron chi connectivity index (χ4n) is 1.74. The smallest absolute Gasteiger partial charge is 0.0700 e. The number of rotatable bonds is 10. The van der Waals surface area contributed by atoms with Crippen molar-refractivity contribution >= 4 is 0 Å². The van der Waals surface area contributed by atoms with E-state index in [0.717, 1.165) is 25.6 Å². The fraction of sp³-hybridized carbons (Fsp3) is 1.00. The summed E-state index contributed by atoms with van der Waals surface area (Å²) in [5.74, 6) is 0.765. The van der Waals surface area contributed by atoms with Crippen LogP contribution in [0.1, 0.15) is 33.1 Å². The van der Waals surface area contributed by atoms with E-state index >= 15 is 0 Å². The van der Waals surface area contributed by atoms with Gasteiger partial charge in [0.25, 0.3) is 0 Å². The predicted octanol–water partition coefficient (Wildman–Crippen LogP) is 2.06. The summed E-state index contributed by atoms with van der Waals surface area (Å²) in [5, 5.41) is 3.32. The molecule has 0 aromatic rings. The second-order valence-corrected chi connectivity index (χ2v) is 3.99. The second kappa shape index (κ2) is 10.4. The van der Waals surface area contributed by atoms with Crippen LogP contribution in [0.4, 0.5) is 0 Å². The van der Waals surface area contributed by atoms with Crippen molar-refractivity contribution in [1.29, 1.82) is 0 Å². The topological polar surface area (TPSA) is 30.5 Å². The summed E-state index contributed by atoms with van der Waals surface area (Å²) in [4.78, 5) is 0. The van der Waals surface area contributed by atoms with Crippen molar-refractivity contribution in [1.82, 2.24) is 5.32 Å². The minimum atomic E-state index is 0.606. The molecule has 3 heteroatoms. The molecule has 15 heavy (non-hydrogen) atoms. The van der Waals surface area contributed by atoms with Crippen molar-refractivity contribution in [3.63, 3.8) is 0 Å². The Bertz CT molecular complexity index is 131. The normalized spacial score (nSPS) is 15.2. The van der Waals surface area contributed by atoms with Gasteiger partial charge in [0.1, 0.15) is 0 Å². The van der Waals surface area contributed by atoms with Crippen LogP contribution in [0.3, 0.4) is 0 Å². The van der Waals surface area contributed by atoms with Gasteiger partial charge in [0.15, 0.2) is 0 Å². The Morgan fingerprint density at radius 3 is 2.47 bits per heavy atom. The van der Waals surface area contributed by atoms with Crippen molar-refractivity contribution < 1.29 is 9.47 Å². The lowest BCUT2D eigenvalue weighted by atomic mass is 9.93. The molecule has 0 amide bonds. The average molecular weight is 217 g/mol. The molecule has 0 saturated carbocycles. The summed E-state index contributed by atoms with van der Waals surface area (Å²) < 4.78 is 10.3. The summed E-state index contributed by atoms with van der Waals surface area (Å²) >= 11 is 0. The van der Waals surface area contributed by atoms with E-state index in [2.05, 4.69) is 19.2 Å². The zero-order chi connectivity index (χ0) is 11.5. The van der Waals surface area contributed by atoms with Gasteiger partial charge in [-0.2, -0.15) is 0 Å². The van der Waals surface area contributed by atoms with Gasteiger partial charge >= 0.3 is 0 Å². The molecule has 92 valence electrons. The third kappa shape index (κ3) is 7.77. The Kier molecular flexibility index (Phi) is 10.3. The Morgan fingerprint density at radius 1 is 1.20 bits per heavy atom. The van der Waals surface area contributed by atoms with Crippen LogP contribution in [0.2, 0.25) is 0 Å². The Morgan fingerprint density at radius 2 is 1.93 bits per heavy atom. The molecule has 0 fully saturated rings. The average Bonchev–Trinajstić information content (AvgIpc) is 2.27. The van der Waals surface area contributed by atoms with Crippen LogP contribution in [0.25, 0.3) is 0 Å². The van der Waals surface area contributed by atoms with Gasteiger partial charge < -0.3 is 14.8 Å². The maximum atomic E-state index is 5.44. The van der Waals surface area contributed by atoms with E-state index in [-0.39, 0.29) is 0 Å². The molecule has 0 aliphatic heterocycles. The van der Waals surface area contributed by atoms with E-state index in [4.69, 9.17) is 9.47 Å². The van der Waals surface area contributed by atoms with Crippen LogP contribution < -0.4 is 5.32 Å². The van der Waals surface area contributed by atoms with Gasteiger partial charge in [0.05, 0.1) is 13.2 Å². The van der Waals surface area contributed by atoms with Gasteiger partial charge in [0, 0.05) is 19.8 Å². The molecular weight excluding hydrogens is 190 g/mol. The molecule has 1 N–H and O–H groups in total. The highest BCUT2D eigenvalue weighted by Gasteiger charge is 2.12. The minimum Gasteiger partial charge on any atom is -0.382 e. The third-order valence-electron chi connectivity index (χ3n) is 2.98. The standard InChI is InChI=1S/C12H27NO2/c1-5-12(11(2)13-3)7-6-8-15-10-9-14-4/h11-13H,5-10H2,1-4H3. The van der Waals surface area contributed by atoms with E-state index < -0.39 is 0 Å². The van der Waals surface area contributed by atoms with Crippen LogP contribution in [-0.4, -0.2) is 40.0 Å². The van der Waals surface area contributed by atoms with E-state index in [1.54, 1.807) is 7.11 Å². The van der Waals surface area contributed by atoms with Gasteiger partial charge in [0.2, 0.25) is 0 Å². The van der Waals surface area contributed by atoms with Gasteiger partial charge in [-0.1, -0.05) is 13.3 Å². The molecule has 0 spiro atoms. The third-order valence-corrected chi connectivity index (χ3v) is 2.98. The molecule has 0 rings (SSSR count). The fourth-order valence-corrected chi connectivity index (χ4v) is 1.74. The second-order valence-electron chi connectivity index (χ2n) is 3.99. The van der Waals surface area contributed by atoms with E-state index in [1.807, 2.05) is 7.05 Å². The SMILES string of the molecule is CCC(CCCOCCOC)C(C)NC. The highest BCUT2D eigenvalue weighted by molar-refractivity contribution is 4.69. The molecule has 0 aromatic carbocycles. The Hall–Kier alpha value is -0.120. The van der Waals surface area contributed by atoms with E-state index in [9.17, 15) is 0 Å². The largest absolute Gasteiger partial charge is 0.382 e. The van der Waals surface area contributed by atoms with Crippen molar-refractivity contribution in [2.45, 2.75) is 39.2 Å². The van der Waals surface area contributed by atoms with Crippen LogP contribution >= 0.6 is 0 Å². The zero-order valence-corrected chi connectivity index (χ0v) is 10.7. The molecule has 2 unspecified atom stereocenters. The Labute approximate surface area is 94.5 Å². The van der Waals surface area contributed by atoms with Crippen molar-refractivity contribution in [2.75, 3.05) is 34.0 Å². The number of nitrogens with one attached hydrogen (secondary N) is 1. The first-order chi connectivity index (χ1) is 7.26. The minimum absolute atomic E-state index is 0.606. The number of hydrogen-bond donors (Lipinski definition) is 1. The molecule has 2 atom stereocenters. The monoisotopic (exact) mass is 217 g/mol.